The van der Waals surface area contributed by atoms with Crippen molar-refractivity contribution in [3.8, 4) is 0 Å². The van der Waals surface area contributed by atoms with E-state index in [4.69, 9.17) is 5.73 Å². The van der Waals surface area contributed by atoms with Crippen LogP contribution in [0.15, 0.2) is 206 Å². The fourth-order valence-electron chi connectivity index (χ4n) is 10.0. The molecule has 0 aliphatic heterocycles. The highest BCUT2D eigenvalue weighted by molar-refractivity contribution is 6.05. The summed E-state index contributed by atoms with van der Waals surface area (Å²) in [5.74, 6) is -1.27. The molecule has 1 aliphatic carbocycles. The number of primary amides is 1. The number of carbonyl (C=O) groups excluding carboxylic acids is 2. The van der Waals surface area contributed by atoms with Gasteiger partial charge in [-0.05, 0) is 67.8 Å². The maximum atomic E-state index is 16.8. The SMILES string of the molecule is NC(=O)C1(C(=O)N([C@@H](c2cccc3ccccc23)C(O)(c2ccccc2)c2ccccc2)[C@@H](c2cccc3ccccc23)C(O)(c2ccccc2)c2ccccc2)CCCC1. The van der Waals surface area contributed by atoms with Crippen molar-refractivity contribution in [3.63, 3.8) is 0 Å². The number of nitrogens with two attached hydrogens (primary N) is 1. The largest absolute Gasteiger partial charge is 0.378 e. The second-order valence-corrected chi connectivity index (χ2v) is 16.3. The molecule has 1 aliphatic rings. The average Bonchev–Trinajstić information content (AvgIpc) is 3.84. The van der Waals surface area contributed by atoms with Gasteiger partial charge in [-0.2, -0.15) is 0 Å². The number of rotatable bonds is 12. The first-order chi connectivity index (χ1) is 29.8. The Morgan fingerprint density at radius 3 is 1.11 bits per heavy atom. The molecule has 1 saturated carbocycles. The molecule has 9 rings (SSSR count). The van der Waals surface area contributed by atoms with Gasteiger partial charge < -0.3 is 20.8 Å². The summed E-state index contributed by atoms with van der Waals surface area (Å²) >= 11 is 0. The monoisotopic (exact) mass is 800 g/mol. The van der Waals surface area contributed by atoms with Crippen molar-refractivity contribution in [3.05, 3.63) is 240 Å². The topological polar surface area (TPSA) is 104 Å². The number of benzene rings is 8. The molecule has 0 bridgehead atoms. The first-order valence-corrected chi connectivity index (χ1v) is 21.0. The molecule has 0 heterocycles. The van der Waals surface area contributed by atoms with Crippen LogP contribution < -0.4 is 5.73 Å². The van der Waals surface area contributed by atoms with Crippen LogP contribution in [0.3, 0.4) is 0 Å². The summed E-state index contributed by atoms with van der Waals surface area (Å²) in [6.07, 6.45) is 1.69. The van der Waals surface area contributed by atoms with Gasteiger partial charge in [0.25, 0.3) is 0 Å². The summed E-state index contributed by atoms with van der Waals surface area (Å²) in [7, 11) is 0. The van der Waals surface area contributed by atoms with Gasteiger partial charge in [0.2, 0.25) is 11.8 Å². The van der Waals surface area contributed by atoms with Gasteiger partial charge in [0, 0.05) is 0 Å². The maximum Gasteiger partial charge on any atom is 0.239 e. The molecular formula is C55H48N2O4. The van der Waals surface area contributed by atoms with Crippen LogP contribution in [0.25, 0.3) is 21.5 Å². The van der Waals surface area contributed by atoms with E-state index in [0.29, 0.717) is 46.2 Å². The van der Waals surface area contributed by atoms with Crippen LogP contribution in [0.4, 0.5) is 0 Å². The minimum Gasteiger partial charge on any atom is -0.378 e. The third-order valence-electron chi connectivity index (χ3n) is 13.0. The van der Waals surface area contributed by atoms with Crippen LogP contribution >= 0.6 is 0 Å². The van der Waals surface area contributed by atoms with Crippen molar-refractivity contribution in [1.29, 1.82) is 0 Å². The van der Waals surface area contributed by atoms with Gasteiger partial charge in [0.15, 0.2) is 0 Å². The number of fused-ring (bicyclic) bond motifs is 2. The van der Waals surface area contributed by atoms with Gasteiger partial charge >= 0.3 is 0 Å². The van der Waals surface area contributed by atoms with Crippen molar-refractivity contribution in [2.45, 2.75) is 49.0 Å². The lowest BCUT2D eigenvalue weighted by molar-refractivity contribution is -0.168. The maximum absolute atomic E-state index is 16.8. The highest BCUT2D eigenvalue weighted by atomic mass is 16.3. The Labute approximate surface area is 356 Å². The lowest BCUT2D eigenvalue weighted by Crippen LogP contribution is -2.59. The van der Waals surface area contributed by atoms with E-state index in [2.05, 4.69) is 0 Å². The molecule has 1 fully saturated rings. The summed E-state index contributed by atoms with van der Waals surface area (Å²) < 4.78 is 0. The number of amides is 2. The number of hydrogen-bond acceptors (Lipinski definition) is 4. The summed E-state index contributed by atoms with van der Waals surface area (Å²) in [5.41, 5.74) is 4.22. The Morgan fingerprint density at radius 1 is 0.459 bits per heavy atom. The molecule has 0 aromatic heterocycles. The molecule has 2 amide bonds. The van der Waals surface area contributed by atoms with Crippen LogP contribution in [0.2, 0.25) is 0 Å². The fraction of sp³-hybridized carbons (Fsp3) is 0.164. The Hall–Kier alpha value is -6.86. The number of hydrogen-bond donors (Lipinski definition) is 3. The predicted molar refractivity (Wildman–Crippen MR) is 242 cm³/mol. The molecule has 8 aromatic carbocycles. The number of aliphatic hydroxyl groups is 2. The van der Waals surface area contributed by atoms with E-state index in [1.807, 2.05) is 206 Å². The summed E-state index contributed by atoms with van der Waals surface area (Å²) in [4.78, 5) is 32.8. The zero-order valence-electron chi connectivity index (χ0n) is 33.8. The molecule has 0 unspecified atom stereocenters. The first-order valence-electron chi connectivity index (χ1n) is 21.0. The van der Waals surface area contributed by atoms with Gasteiger partial charge in [-0.15, -0.1) is 0 Å². The lowest BCUT2D eigenvalue weighted by atomic mass is 9.69. The number of nitrogens with zero attached hydrogens (tertiary/aromatic N) is 1. The van der Waals surface area contributed by atoms with Crippen molar-refractivity contribution < 1.29 is 19.8 Å². The molecule has 8 aromatic rings. The smallest absolute Gasteiger partial charge is 0.239 e. The summed E-state index contributed by atoms with van der Waals surface area (Å²) in [5, 5.41) is 32.3. The Balaban J connectivity index is 1.52. The van der Waals surface area contributed by atoms with Gasteiger partial charge in [0.05, 0.1) is 12.1 Å². The normalized spacial score (nSPS) is 15.0. The summed E-state index contributed by atoms with van der Waals surface area (Å²) in [6, 6.07) is 62.8. The molecule has 61 heavy (non-hydrogen) atoms. The van der Waals surface area contributed by atoms with E-state index in [9.17, 15) is 15.0 Å². The van der Waals surface area contributed by atoms with Crippen molar-refractivity contribution in [2.75, 3.05) is 0 Å². The minimum absolute atomic E-state index is 0.229. The molecule has 6 heteroatoms. The zero-order chi connectivity index (χ0) is 42.0. The zero-order valence-corrected chi connectivity index (χ0v) is 33.8. The molecule has 0 saturated heterocycles. The Morgan fingerprint density at radius 2 is 0.770 bits per heavy atom. The van der Waals surface area contributed by atoms with Crippen molar-refractivity contribution in [1.82, 2.24) is 4.90 Å². The van der Waals surface area contributed by atoms with Crippen LogP contribution in [-0.4, -0.2) is 26.9 Å². The Kier molecular flexibility index (Phi) is 10.6. The van der Waals surface area contributed by atoms with E-state index < -0.39 is 40.5 Å². The third-order valence-corrected chi connectivity index (χ3v) is 13.0. The lowest BCUT2D eigenvalue weighted by Gasteiger charge is -2.53. The van der Waals surface area contributed by atoms with E-state index in [0.717, 1.165) is 21.5 Å². The van der Waals surface area contributed by atoms with E-state index >= 15 is 4.79 Å². The molecule has 2 atom stereocenters. The van der Waals surface area contributed by atoms with Gasteiger partial charge in [-0.3, -0.25) is 9.59 Å². The number of carbonyl (C=O) groups is 2. The predicted octanol–water partition coefficient (Wildman–Crippen LogP) is 10.5. The van der Waals surface area contributed by atoms with Crippen LogP contribution in [-0.2, 0) is 20.8 Å². The van der Waals surface area contributed by atoms with Crippen LogP contribution in [0.1, 0.15) is 71.1 Å². The standard InChI is InChI=1S/C55H48N2O4/c56-51(58)53(37-17-18-38-53)52(59)57(49(47-35-19-23-39-21-13-15-33-45(39)47)54(60,41-25-5-1-6-26-41)42-27-7-2-8-28-42)50(48-36-20-24-40-22-14-16-34-46(40)48)55(61,43-29-9-3-10-30-43)44-31-11-4-12-32-44/h1-16,19-36,49-50,60-61H,17-18,37-38H2,(H2,56,58)/t49-,50-/m0/s1. The first kappa shape index (κ1) is 39.6. The molecule has 302 valence electrons. The van der Waals surface area contributed by atoms with Crippen molar-refractivity contribution in [2.24, 2.45) is 11.1 Å². The fourth-order valence-corrected chi connectivity index (χ4v) is 10.0. The molecule has 0 radical (unpaired) electrons. The highest BCUT2D eigenvalue weighted by Crippen LogP contribution is 2.57. The second-order valence-electron chi connectivity index (χ2n) is 16.3. The van der Waals surface area contributed by atoms with Crippen LogP contribution in [0.5, 0.6) is 0 Å². The van der Waals surface area contributed by atoms with Gasteiger partial charge in [-0.1, -0.05) is 219 Å². The molecule has 6 nitrogen and oxygen atoms in total. The van der Waals surface area contributed by atoms with Gasteiger partial charge in [-0.25, -0.2) is 0 Å². The van der Waals surface area contributed by atoms with Crippen LogP contribution in [0, 0.1) is 5.41 Å². The molecule has 0 spiro atoms. The van der Waals surface area contributed by atoms with Crippen molar-refractivity contribution >= 4 is 33.4 Å². The summed E-state index contributed by atoms with van der Waals surface area (Å²) in [6.45, 7) is 0. The highest BCUT2D eigenvalue weighted by Gasteiger charge is 2.59. The quantitative estimate of drug-likeness (QED) is 0.107. The van der Waals surface area contributed by atoms with E-state index in [1.54, 1.807) is 4.90 Å². The third kappa shape index (κ3) is 6.69. The van der Waals surface area contributed by atoms with Gasteiger partial charge in [0.1, 0.15) is 16.6 Å². The Bertz CT molecular complexity index is 2540. The molecule has 4 N–H and O–H groups in total. The molecular weight excluding hydrogens is 753 g/mol. The minimum atomic E-state index is -1.99. The second kappa shape index (κ2) is 16.3. The van der Waals surface area contributed by atoms with E-state index in [1.165, 1.54) is 0 Å². The van der Waals surface area contributed by atoms with E-state index in [-0.39, 0.29) is 12.8 Å². The average molecular weight is 801 g/mol.